The van der Waals surface area contributed by atoms with Crippen LogP contribution in [-0.2, 0) is 21.9 Å². The second kappa shape index (κ2) is 9.87. The zero-order valence-corrected chi connectivity index (χ0v) is 26.1. The molecule has 2 aliphatic heterocycles. The van der Waals surface area contributed by atoms with Crippen molar-refractivity contribution in [2.75, 3.05) is 63.6 Å². The van der Waals surface area contributed by atoms with Crippen LogP contribution in [0, 0.1) is 5.92 Å². The molecule has 4 fully saturated rings. The topological polar surface area (TPSA) is 117 Å². The Balaban J connectivity index is 1.12. The minimum absolute atomic E-state index is 0.0250. The number of fused-ring (bicyclic) bond motifs is 5. The maximum absolute atomic E-state index is 14.0. The van der Waals surface area contributed by atoms with Crippen molar-refractivity contribution in [3.05, 3.63) is 47.0 Å². The number of hydrogen-bond acceptors (Lipinski definition) is 9. The molecule has 8 rings (SSSR count). The highest BCUT2D eigenvalue weighted by Gasteiger charge is 2.51. The Bertz CT molecular complexity index is 1750. The maximum atomic E-state index is 14.0. The van der Waals surface area contributed by atoms with Crippen LogP contribution in [0.15, 0.2) is 39.8 Å². The van der Waals surface area contributed by atoms with E-state index < -0.39 is 10.0 Å². The molecule has 3 aromatic rings. The van der Waals surface area contributed by atoms with Crippen molar-refractivity contribution >= 4 is 27.4 Å². The van der Waals surface area contributed by atoms with E-state index in [1.54, 1.807) is 0 Å². The zero-order valence-electron chi connectivity index (χ0n) is 25.3. The summed E-state index contributed by atoms with van der Waals surface area (Å²) < 4.78 is 47.7. The fourth-order valence-electron chi connectivity index (χ4n) is 7.35. The van der Waals surface area contributed by atoms with Gasteiger partial charge in [-0.05, 0) is 74.9 Å². The Kier molecular flexibility index (Phi) is 6.22. The van der Waals surface area contributed by atoms with Crippen LogP contribution in [0.1, 0.15) is 47.2 Å². The summed E-state index contributed by atoms with van der Waals surface area (Å²) in [6, 6.07) is 10.1. The molecule has 1 amide bonds. The number of ether oxygens (including phenoxy) is 2. The lowest BCUT2D eigenvalue weighted by Crippen LogP contribution is -2.37. The van der Waals surface area contributed by atoms with E-state index in [9.17, 15) is 13.2 Å². The first-order valence-electron chi connectivity index (χ1n) is 15.4. The Morgan fingerprint density at radius 2 is 1.82 bits per heavy atom. The fourth-order valence-corrected chi connectivity index (χ4v) is 8.68. The first-order chi connectivity index (χ1) is 21.2. The monoisotopic (exact) mass is 619 g/mol. The molecule has 2 aromatic carbocycles. The summed E-state index contributed by atoms with van der Waals surface area (Å²) in [7, 11) is 0.613. The molecule has 5 aliphatic rings. The number of rotatable bonds is 7. The van der Waals surface area contributed by atoms with E-state index in [2.05, 4.69) is 44.9 Å². The third kappa shape index (κ3) is 4.36. The largest absolute Gasteiger partial charge is 0.495 e. The molecule has 232 valence electrons. The third-order valence-corrected chi connectivity index (χ3v) is 11.7. The van der Waals surface area contributed by atoms with E-state index in [0.717, 1.165) is 55.7 Å². The lowest BCUT2D eigenvalue weighted by atomic mass is 9.79. The number of nitrogens with zero attached hydrogens (tertiary/aromatic N) is 4. The van der Waals surface area contributed by atoms with Crippen LogP contribution in [-0.4, -0.2) is 89.3 Å². The second-order valence-corrected chi connectivity index (χ2v) is 14.6. The highest BCUT2D eigenvalue weighted by atomic mass is 32.2. The summed E-state index contributed by atoms with van der Waals surface area (Å²) in [5.41, 5.74) is 4.43. The molecule has 2 saturated heterocycles. The third-order valence-electron chi connectivity index (χ3n) is 10.3. The van der Waals surface area contributed by atoms with Gasteiger partial charge in [-0.15, -0.1) is 0 Å². The van der Waals surface area contributed by atoms with E-state index in [-0.39, 0.29) is 33.5 Å². The van der Waals surface area contributed by atoms with E-state index in [1.807, 2.05) is 4.90 Å². The first kappa shape index (κ1) is 27.8. The van der Waals surface area contributed by atoms with E-state index >= 15 is 0 Å². The Morgan fingerprint density at radius 1 is 1.07 bits per heavy atom. The average molecular weight is 620 g/mol. The Labute approximate surface area is 257 Å². The molecule has 2 atom stereocenters. The minimum atomic E-state index is -4.26. The Hall–Kier alpha value is -3.77. The lowest BCUT2D eigenvalue weighted by molar-refractivity contribution is 0.0750. The van der Waals surface area contributed by atoms with Crippen LogP contribution >= 0.6 is 0 Å². The number of nitrogens with one attached hydrogen (secondary N) is 1. The predicted octanol–water partition coefficient (Wildman–Crippen LogP) is 3.73. The summed E-state index contributed by atoms with van der Waals surface area (Å²) in [5.74, 6) is 1.13. The van der Waals surface area contributed by atoms with Gasteiger partial charge in [0, 0.05) is 66.6 Å². The molecule has 1 aromatic heterocycles. The number of sulfonamides is 1. The quantitative estimate of drug-likeness (QED) is 0.422. The molecule has 1 spiro atoms. The van der Waals surface area contributed by atoms with Gasteiger partial charge in [-0.25, -0.2) is 8.42 Å². The normalized spacial score (nSPS) is 23.2. The number of methoxy groups -OCH3 is 2. The van der Waals surface area contributed by atoms with Gasteiger partial charge in [0.1, 0.15) is 11.5 Å². The molecular formula is C32H37N5O6S. The molecular weight excluding hydrogens is 582 g/mol. The number of benzene rings is 2. The summed E-state index contributed by atoms with van der Waals surface area (Å²) >= 11 is 0. The molecule has 3 aliphatic carbocycles. The number of likely N-dealkylation sites (N-methyl/N-ethyl adjacent to an activating group) is 1. The number of anilines is 2. The fraction of sp³-hybridized carbons (Fsp3) is 0.500. The Morgan fingerprint density at radius 3 is 2.48 bits per heavy atom. The minimum Gasteiger partial charge on any atom is -0.495 e. The van der Waals surface area contributed by atoms with Gasteiger partial charge >= 0.3 is 0 Å². The van der Waals surface area contributed by atoms with E-state index in [0.29, 0.717) is 42.8 Å². The van der Waals surface area contributed by atoms with Gasteiger partial charge in [-0.1, -0.05) is 11.2 Å². The van der Waals surface area contributed by atoms with Gasteiger partial charge in [0.15, 0.2) is 16.5 Å². The van der Waals surface area contributed by atoms with Crippen LogP contribution in [0.25, 0.3) is 11.3 Å². The van der Waals surface area contributed by atoms with Gasteiger partial charge in [0.25, 0.3) is 15.9 Å². The van der Waals surface area contributed by atoms with Crippen LogP contribution in [0.5, 0.6) is 11.5 Å². The van der Waals surface area contributed by atoms with Gasteiger partial charge in [-0.3, -0.25) is 9.52 Å². The average Bonchev–Trinajstić information content (AvgIpc) is 3.90. The maximum Gasteiger partial charge on any atom is 0.270 e. The van der Waals surface area contributed by atoms with E-state index in [1.165, 1.54) is 38.3 Å². The molecule has 2 unspecified atom stereocenters. The summed E-state index contributed by atoms with van der Waals surface area (Å²) in [6.07, 6.45) is 4.99. The lowest BCUT2D eigenvalue weighted by Gasteiger charge is -2.34. The van der Waals surface area contributed by atoms with Crippen molar-refractivity contribution < 1.29 is 27.2 Å². The van der Waals surface area contributed by atoms with Crippen molar-refractivity contribution in [3.63, 3.8) is 0 Å². The molecule has 11 nitrogen and oxygen atoms in total. The zero-order chi connectivity index (χ0) is 30.4. The smallest absolute Gasteiger partial charge is 0.270 e. The second-order valence-electron chi connectivity index (χ2n) is 13.0. The number of hydrogen-bond donors (Lipinski definition) is 1. The predicted molar refractivity (Wildman–Crippen MR) is 164 cm³/mol. The summed E-state index contributed by atoms with van der Waals surface area (Å²) in [5, 5.41) is 4.23. The highest BCUT2D eigenvalue weighted by molar-refractivity contribution is 7.93. The molecule has 12 heteroatoms. The summed E-state index contributed by atoms with van der Waals surface area (Å²) in [4.78, 5) is 19.9. The van der Waals surface area contributed by atoms with Crippen molar-refractivity contribution in [3.8, 4) is 22.8 Å². The number of aromatic nitrogens is 1. The van der Waals surface area contributed by atoms with Crippen molar-refractivity contribution in [1.29, 1.82) is 0 Å². The van der Waals surface area contributed by atoms with Gasteiger partial charge in [-0.2, -0.15) is 0 Å². The van der Waals surface area contributed by atoms with Crippen LogP contribution < -0.4 is 19.1 Å². The summed E-state index contributed by atoms with van der Waals surface area (Å²) in [6.45, 7) is 4.15. The molecule has 1 N–H and O–H groups in total. The van der Waals surface area contributed by atoms with E-state index in [4.69, 9.17) is 14.0 Å². The molecule has 3 heterocycles. The SMILES string of the molecule is COc1cc(C(=O)N2CCN(C)C3CC3C2)cc(OC)c1S(=O)(=O)Nc1noc2c1CC1(CC1)c1ccc(N3CCC3)cc1-2. The van der Waals surface area contributed by atoms with Crippen LogP contribution in [0.3, 0.4) is 0 Å². The molecule has 44 heavy (non-hydrogen) atoms. The first-order valence-corrected chi connectivity index (χ1v) is 16.9. The molecule has 2 saturated carbocycles. The van der Waals surface area contributed by atoms with Gasteiger partial charge in [0.2, 0.25) is 0 Å². The van der Waals surface area contributed by atoms with Gasteiger partial charge in [0.05, 0.1) is 14.2 Å². The van der Waals surface area contributed by atoms with Crippen LogP contribution in [0.2, 0.25) is 0 Å². The van der Waals surface area contributed by atoms with Crippen molar-refractivity contribution in [2.24, 2.45) is 5.92 Å². The molecule has 0 radical (unpaired) electrons. The van der Waals surface area contributed by atoms with Gasteiger partial charge < -0.3 is 28.7 Å². The number of amides is 1. The standard InChI is InChI=1S/C32H37N5O6S/c1-35-11-12-37(18-20-13-25(20)35)31(38)19-14-26(41-2)29(27(15-19)42-3)44(39,40)34-30-23-17-32(7-8-32)24-6-5-21(36-9-4-10-36)16-22(24)28(23)43-33-30/h5-6,14-16,20,25H,4,7-13,17-18H2,1-3H3,(H,33,34). The molecule has 0 bridgehead atoms. The van der Waals surface area contributed by atoms with Crippen LogP contribution in [0.4, 0.5) is 11.5 Å². The van der Waals surface area contributed by atoms with Crippen molar-refractivity contribution in [1.82, 2.24) is 15.0 Å². The number of carbonyl (C=O) groups is 1. The van der Waals surface area contributed by atoms with Crippen molar-refractivity contribution in [2.45, 2.75) is 48.5 Å². The number of carbonyl (C=O) groups excluding carboxylic acids is 1. The highest BCUT2D eigenvalue weighted by Crippen LogP contribution is 2.59.